The van der Waals surface area contributed by atoms with Gasteiger partial charge in [0.25, 0.3) is 11.8 Å². The second-order valence-electron chi connectivity index (χ2n) is 10.4. The Balaban J connectivity index is 1.86. The highest BCUT2D eigenvalue weighted by Gasteiger charge is 2.31. The summed E-state index contributed by atoms with van der Waals surface area (Å²) in [7, 11) is 1.62. The average Bonchev–Trinajstić information content (AvgIpc) is 2.99. The van der Waals surface area contributed by atoms with E-state index in [2.05, 4.69) is 10.6 Å². The largest absolute Gasteiger partial charge is 0.508 e. The van der Waals surface area contributed by atoms with Crippen LogP contribution in [-0.2, 0) is 13.0 Å². The fourth-order valence-corrected chi connectivity index (χ4v) is 4.86. The molecule has 2 atom stereocenters. The summed E-state index contributed by atoms with van der Waals surface area (Å²) >= 11 is 0. The van der Waals surface area contributed by atoms with Crippen molar-refractivity contribution in [3.8, 4) is 11.5 Å². The molecular weight excluding hydrogens is 534 g/mol. The smallest absolute Gasteiger partial charge is 0.254 e. The normalized spacial score (nSPS) is 12.4. The standard InChI is InChI=1S/C33H43N3O6/c1-4-14-36(33(41)27-17-23(2)16-26(20-27)32(40)35-13-6-15-37)30(19-24-9-11-28(38)12-10-24)31(39)22-34-21-25-7-5-8-29(18-25)42-3/h5,7-12,16-18,20,30-31,34,37-39H,4,6,13-15,19,21-22H2,1-3H3,(H,35,40)/t30-,31+/m0/s1. The van der Waals surface area contributed by atoms with Crippen LogP contribution in [0.4, 0.5) is 0 Å². The van der Waals surface area contributed by atoms with Crippen molar-refractivity contribution in [2.45, 2.75) is 51.8 Å². The summed E-state index contributed by atoms with van der Waals surface area (Å²) in [5.41, 5.74) is 3.36. The van der Waals surface area contributed by atoms with Gasteiger partial charge in [0.1, 0.15) is 11.5 Å². The minimum absolute atomic E-state index is 0.0248. The summed E-state index contributed by atoms with van der Waals surface area (Å²) in [4.78, 5) is 28.5. The lowest BCUT2D eigenvalue weighted by atomic mass is 9.97. The maximum absolute atomic E-state index is 14.1. The highest BCUT2D eigenvalue weighted by Crippen LogP contribution is 2.21. The number of methoxy groups -OCH3 is 1. The molecule has 9 heteroatoms. The van der Waals surface area contributed by atoms with Gasteiger partial charge in [-0.05, 0) is 85.3 Å². The van der Waals surface area contributed by atoms with Crippen molar-refractivity contribution in [1.82, 2.24) is 15.5 Å². The van der Waals surface area contributed by atoms with Gasteiger partial charge in [0.05, 0.1) is 19.3 Å². The number of nitrogens with one attached hydrogen (secondary N) is 2. The van der Waals surface area contributed by atoms with Crippen molar-refractivity contribution in [1.29, 1.82) is 0 Å². The number of aromatic hydroxyl groups is 1. The lowest BCUT2D eigenvalue weighted by molar-refractivity contribution is 0.0353. The SMILES string of the molecule is CCCN(C(=O)c1cc(C)cc(C(=O)NCCCO)c1)[C@@H](Cc1ccc(O)cc1)[C@H](O)CNCc1cccc(OC)c1. The van der Waals surface area contributed by atoms with Gasteiger partial charge in [0, 0.05) is 43.9 Å². The number of rotatable bonds is 16. The van der Waals surface area contributed by atoms with E-state index < -0.39 is 12.1 Å². The van der Waals surface area contributed by atoms with Crippen LogP contribution in [0, 0.1) is 6.92 Å². The quantitative estimate of drug-likeness (QED) is 0.165. The minimum Gasteiger partial charge on any atom is -0.508 e. The number of aliphatic hydroxyl groups is 2. The number of carbonyl (C=O) groups excluding carboxylic acids is 2. The van der Waals surface area contributed by atoms with Gasteiger partial charge in [0.15, 0.2) is 0 Å². The highest BCUT2D eigenvalue weighted by atomic mass is 16.5. The van der Waals surface area contributed by atoms with Crippen molar-refractivity contribution in [2.75, 3.05) is 33.4 Å². The molecule has 0 aliphatic carbocycles. The molecule has 0 spiro atoms. The van der Waals surface area contributed by atoms with Crippen molar-refractivity contribution < 1.29 is 29.6 Å². The van der Waals surface area contributed by atoms with E-state index in [1.807, 2.05) is 38.1 Å². The number of phenols is 1. The number of aryl methyl sites for hydroxylation is 1. The van der Waals surface area contributed by atoms with E-state index in [-0.39, 0.29) is 30.7 Å². The predicted molar refractivity (Wildman–Crippen MR) is 163 cm³/mol. The molecule has 0 aliphatic heterocycles. The Hall–Kier alpha value is -3.92. The first-order valence-corrected chi connectivity index (χ1v) is 14.4. The van der Waals surface area contributed by atoms with Gasteiger partial charge in [-0.2, -0.15) is 0 Å². The molecule has 0 saturated carbocycles. The summed E-state index contributed by atoms with van der Waals surface area (Å²) in [6.07, 6.45) is 0.568. The maximum atomic E-state index is 14.1. The van der Waals surface area contributed by atoms with Crippen LogP contribution in [0.25, 0.3) is 0 Å². The first kappa shape index (κ1) is 32.6. The molecule has 42 heavy (non-hydrogen) atoms. The molecule has 0 radical (unpaired) electrons. The zero-order valence-electron chi connectivity index (χ0n) is 24.7. The van der Waals surface area contributed by atoms with Crippen LogP contribution in [0.5, 0.6) is 11.5 Å². The van der Waals surface area contributed by atoms with E-state index in [0.717, 1.165) is 22.4 Å². The zero-order chi connectivity index (χ0) is 30.5. The third-order valence-corrected chi connectivity index (χ3v) is 6.97. The number of carbonyl (C=O) groups is 2. The third-order valence-electron chi connectivity index (χ3n) is 6.97. The molecule has 0 fully saturated rings. The van der Waals surface area contributed by atoms with E-state index >= 15 is 0 Å². The van der Waals surface area contributed by atoms with Gasteiger partial charge in [-0.3, -0.25) is 9.59 Å². The molecule has 5 N–H and O–H groups in total. The van der Waals surface area contributed by atoms with Gasteiger partial charge in [-0.25, -0.2) is 0 Å². The van der Waals surface area contributed by atoms with Gasteiger partial charge >= 0.3 is 0 Å². The first-order chi connectivity index (χ1) is 20.2. The number of ether oxygens (including phenoxy) is 1. The molecule has 0 aliphatic rings. The molecule has 9 nitrogen and oxygen atoms in total. The third kappa shape index (κ3) is 9.58. The van der Waals surface area contributed by atoms with E-state index in [4.69, 9.17) is 9.84 Å². The Morgan fingerprint density at radius 3 is 2.43 bits per heavy atom. The minimum atomic E-state index is -0.911. The Labute approximate surface area is 248 Å². The molecule has 0 aromatic heterocycles. The van der Waals surface area contributed by atoms with Crippen LogP contribution in [-0.4, -0.2) is 77.5 Å². The van der Waals surface area contributed by atoms with Crippen molar-refractivity contribution in [3.63, 3.8) is 0 Å². The van der Waals surface area contributed by atoms with Crippen molar-refractivity contribution in [3.05, 3.63) is 94.5 Å². The number of aliphatic hydroxyl groups excluding tert-OH is 2. The molecule has 3 aromatic rings. The lowest BCUT2D eigenvalue weighted by Crippen LogP contribution is -2.51. The van der Waals surface area contributed by atoms with Crippen LogP contribution in [0.15, 0.2) is 66.7 Å². The van der Waals surface area contributed by atoms with Crippen LogP contribution < -0.4 is 15.4 Å². The van der Waals surface area contributed by atoms with E-state index in [9.17, 15) is 19.8 Å². The molecule has 3 rings (SSSR count). The van der Waals surface area contributed by atoms with E-state index in [1.165, 1.54) is 0 Å². The Morgan fingerprint density at radius 1 is 1.00 bits per heavy atom. The molecule has 2 amide bonds. The van der Waals surface area contributed by atoms with Crippen LogP contribution in [0.1, 0.15) is 57.2 Å². The molecule has 0 heterocycles. The van der Waals surface area contributed by atoms with Crippen molar-refractivity contribution >= 4 is 11.8 Å². The monoisotopic (exact) mass is 577 g/mol. The lowest BCUT2D eigenvalue weighted by Gasteiger charge is -2.35. The Kier molecular flexibility index (Phi) is 12.8. The van der Waals surface area contributed by atoms with Crippen LogP contribution in [0.2, 0.25) is 0 Å². The van der Waals surface area contributed by atoms with E-state index in [1.54, 1.807) is 54.5 Å². The summed E-state index contributed by atoms with van der Waals surface area (Å²) in [6, 6.07) is 18.9. The van der Waals surface area contributed by atoms with Crippen LogP contribution in [0.3, 0.4) is 0 Å². The number of amides is 2. The second-order valence-corrected chi connectivity index (χ2v) is 10.4. The Morgan fingerprint density at radius 2 is 1.74 bits per heavy atom. The fourth-order valence-electron chi connectivity index (χ4n) is 4.86. The van der Waals surface area contributed by atoms with E-state index in [0.29, 0.717) is 50.0 Å². The highest BCUT2D eigenvalue weighted by molar-refractivity contribution is 6.00. The second kappa shape index (κ2) is 16.5. The molecular formula is C33H43N3O6. The number of hydrogen-bond donors (Lipinski definition) is 5. The molecule has 226 valence electrons. The summed E-state index contributed by atoms with van der Waals surface area (Å²) in [5, 5.41) is 36.4. The first-order valence-electron chi connectivity index (χ1n) is 14.4. The summed E-state index contributed by atoms with van der Waals surface area (Å²) < 4.78 is 5.30. The zero-order valence-corrected chi connectivity index (χ0v) is 24.7. The predicted octanol–water partition coefficient (Wildman–Crippen LogP) is 3.44. The van der Waals surface area contributed by atoms with Gasteiger partial charge < -0.3 is 35.6 Å². The van der Waals surface area contributed by atoms with Gasteiger partial charge in [-0.15, -0.1) is 0 Å². The summed E-state index contributed by atoms with van der Waals surface area (Å²) in [6.45, 7) is 5.26. The molecule has 0 saturated heterocycles. The fraction of sp³-hybridized carbons (Fsp3) is 0.394. The number of hydrogen-bond acceptors (Lipinski definition) is 7. The molecule has 3 aromatic carbocycles. The maximum Gasteiger partial charge on any atom is 0.254 e. The van der Waals surface area contributed by atoms with Gasteiger partial charge in [0.2, 0.25) is 0 Å². The topological polar surface area (TPSA) is 131 Å². The van der Waals surface area contributed by atoms with Gasteiger partial charge in [-0.1, -0.05) is 31.2 Å². The molecule has 0 bridgehead atoms. The van der Waals surface area contributed by atoms with Crippen molar-refractivity contribution in [2.24, 2.45) is 0 Å². The summed E-state index contributed by atoms with van der Waals surface area (Å²) in [5.74, 6) is 0.299. The molecule has 0 unspecified atom stereocenters. The number of phenolic OH excluding ortho intramolecular Hbond substituents is 1. The Bertz CT molecular complexity index is 1300. The number of nitrogens with zero attached hydrogens (tertiary/aromatic N) is 1. The van der Waals surface area contributed by atoms with Crippen LogP contribution >= 0.6 is 0 Å². The number of benzene rings is 3. The average molecular weight is 578 g/mol.